The summed E-state index contributed by atoms with van der Waals surface area (Å²) >= 11 is 5.73. The van der Waals surface area contributed by atoms with Crippen molar-refractivity contribution in [1.82, 2.24) is 0 Å². The zero-order valence-corrected chi connectivity index (χ0v) is 9.57. The second-order valence-corrected chi connectivity index (χ2v) is 3.74. The molecule has 0 saturated heterocycles. The van der Waals surface area contributed by atoms with Crippen molar-refractivity contribution in [3.8, 4) is 5.75 Å². The van der Waals surface area contributed by atoms with Crippen LogP contribution in [0, 0.1) is 12.7 Å². The Morgan fingerprint density at radius 1 is 1.53 bits per heavy atom. The van der Waals surface area contributed by atoms with Gasteiger partial charge in [0.15, 0.2) is 0 Å². The molecule has 0 aromatic heterocycles. The summed E-state index contributed by atoms with van der Waals surface area (Å²) in [6.45, 7) is 1.83. The fraction of sp³-hybridized carbons (Fsp3) is 0.455. The first-order valence-electron chi connectivity index (χ1n) is 4.74. The van der Waals surface area contributed by atoms with Crippen molar-refractivity contribution >= 4 is 11.6 Å². The van der Waals surface area contributed by atoms with Crippen LogP contribution in [0.3, 0.4) is 0 Å². The molecule has 1 rings (SSSR count). The molecule has 0 amide bonds. The Balaban J connectivity index is 3.18. The quantitative estimate of drug-likeness (QED) is 0.865. The van der Waals surface area contributed by atoms with Gasteiger partial charge in [-0.15, -0.1) is 0 Å². The molecule has 0 spiro atoms. The van der Waals surface area contributed by atoms with Crippen molar-refractivity contribution in [3.05, 3.63) is 28.0 Å². The van der Waals surface area contributed by atoms with Gasteiger partial charge in [-0.25, -0.2) is 4.39 Å². The maximum Gasteiger partial charge on any atom is 0.148 e. The summed E-state index contributed by atoms with van der Waals surface area (Å²) in [6.07, 6.45) is 0.917. The van der Waals surface area contributed by atoms with Crippen LogP contribution in [-0.4, -0.2) is 18.8 Å². The average Bonchev–Trinajstić information content (AvgIpc) is 2.21. The fourth-order valence-corrected chi connectivity index (χ4v) is 1.84. The number of hydrogen-bond donors (Lipinski definition) is 1. The smallest absolute Gasteiger partial charge is 0.148 e. The number of aliphatic hydroxyl groups excluding tert-OH is 1. The molecule has 1 aromatic rings. The van der Waals surface area contributed by atoms with E-state index < -0.39 is 5.82 Å². The lowest BCUT2D eigenvalue weighted by molar-refractivity contribution is 0.287. The van der Waals surface area contributed by atoms with Gasteiger partial charge in [-0.3, -0.25) is 0 Å². The van der Waals surface area contributed by atoms with Gasteiger partial charge in [-0.2, -0.15) is 0 Å². The van der Waals surface area contributed by atoms with E-state index in [-0.39, 0.29) is 11.6 Å². The number of rotatable bonds is 4. The molecule has 0 radical (unpaired) electrons. The topological polar surface area (TPSA) is 29.5 Å². The highest BCUT2D eigenvalue weighted by molar-refractivity contribution is 6.30. The monoisotopic (exact) mass is 232 g/mol. The van der Waals surface area contributed by atoms with Crippen LogP contribution in [0.4, 0.5) is 4.39 Å². The third-order valence-electron chi connectivity index (χ3n) is 2.24. The van der Waals surface area contributed by atoms with Gasteiger partial charge in [0.05, 0.1) is 12.1 Å². The number of aryl methyl sites for hydroxylation is 1. The molecule has 84 valence electrons. The van der Waals surface area contributed by atoms with Crippen molar-refractivity contribution in [2.45, 2.75) is 19.8 Å². The fourth-order valence-electron chi connectivity index (χ4n) is 1.56. The van der Waals surface area contributed by atoms with E-state index in [0.29, 0.717) is 24.2 Å². The van der Waals surface area contributed by atoms with E-state index in [9.17, 15) is 4.39 Å². The van der Waals surface area contributed by atoms with Crippen molar-refractivity contribution < 1.29 is 14.2 Å². The third-order valence-corrected chi connectivity index (χ3v) is 2.51. The number of ether oxygens (including phenoxy) is 1. The van der Waals surface area contributed by atoms with Crippen molar-refractivity contribution in [1.29, 1.82) is 0 Å². The summed E-state index contributed by atoms with van der Waals surface area (Å²) in [6, 6.07) is 1.54. The van der Waals surface area contributed by atoms with Crippen LogP contribution in [0.25, 0.3) is 0 Å². The normalized spacial score (nSPS) is 10.5. The number of hydrogen-bond acceptors (Lipinski definition) is 2. The van der Waals surface area contributed by atoms with Crippen LogP contribution in [0.5, 0.6) is 5.75 Å². The van der Waals surface area contributed by atoms with E-state index in [2.05, 4.69) is 0 Å². The summed E-state index contributed by atoms with van der Waals surface area (Å²) in [5, 5.41) is 8.82. The minimum atomic E-state index is -0.451. The first-order valence-corrected chi connectivity index (χ1v) is 5.12. The molecule has 0 aliphatic carbocycles. The third kappa shape index (κ3) is 2.61. The molecule has 1 N–H and O–H groups in total. The van der Waals surface area contributed by atoms with Crippen LogP contribution in [-0.2, 0) is 6.42 Å². The van der Waals surface area contributed by atoms with Gasteiger partial charge < -0.3 is 9.84 Å². The van der Waals surface area contributed by atoms with E-state index >= 15 is 0 Å². The molecule has 0 aliphatic heterocycles. The predicted molar refractivity (Wildman–Crippen MR) is 58.1 cm³/mol. The number of aliphatic hydroxyl groups is 1. The molecule has 2 nitrogen and oxygen atoms in total. The van der Waals surface area contributed by atoms with Crippen LogP contribution in [0.15, 0.2) is 6.07 Å². The van der Waals surface area contributed by atoms with E-state index in [1.165, 1.54) is 13.2 Å². The number of benzene rings is 1. The summed E-state index contributed by atoms with van der Waals surface area (Å²) in [5.41, 5.74) is 1.24. The van der Waals surface area contributed by atoms with Crippen LogP contribution < -0.4 is 4.74 Å². The molecule has 0 unspecified atom stereocenters. The molecule has 0 heterocycles. The van der Waals surface area contributed by atoms with Gasteiger partial charge in [-0.05, 0) is 31.4 Å². The Labute approximate surface area is 93.6 Å². The minimum absolute atomic E-state index is 0.0220. The molecule has 0 aliphatic rings. The SMILES string of the molecule is COc1c(C)cc(Cl)c(F)c1CCCO. The molecular formula is C11H14ClFO2. The minimum Gasteiger partial charge on any atom is -0.496 e. The van der Waals surface area contributed by atoms with Gasteiger partial charge in [0.2, 0.25) is 0 Å². The highest BCUT2D eigenvalue weighted by Gasteiger charge is 2.15. The van der Waals surface area contributed by atoms with Crippen LogP contribution >= 0.6 is 11.6 Å². The maximum absolute atomic E-state index is 13.7. The number of methoxy groups -OCH3 is 1. The van der Waals surface area contributed by atoms with Gasteiger partial charge in [-0.1, -0.05) is 11.6 Å². The second kappa shape index (κ2) is 5.33. The summed E-state index contributed by atoms with van der Waals surface area (Å²) in [7, 11) is 1.50. The Morgan fingerprint density at radius 3 is 2.73 bits per heavy atom. The van der Waals surface area contributed by atoms with E-state index in [0.717, 1.165) is 5.56 Å². The van der Waals surface area contributed by atoms with Crippen molar-refractivity contribution in [2.24, 2.45) is 0 Å². The van der Waals surface area contributed by atoms with Crippen LogP contribution in [0.1, 0.15) is 17.5 Å². The Kier molecular flexibility index (Phi) is 4.36. The van der Waals surface area contributed by atoms with Gasteiger partial charge in [0, 0.05) is 12.2 Å². The lowest BCUT2D eigenvalue weighted by Gasteiger charge is -2.13. The van der Waals surface area contributed by atoms with Crippen molar-refractivity contribution in [3.63, 3.8) is 0 Å². The maximum atomic E-state index is 13.7. The van der Waals surface area contributed by atoms with Gasteiger partial charge >= 0.3 is 0 Å². The Morgan fingerprint density at radius 2 is 2.20 bits per heavy atom. The molecule has 4 heteroatoms. The largest absolute Gasteiger partial charge is 0.496 e. The zero-order valence-electron chi connectivity index (χ0n) is 8.81. The molecule has 0 atom stereocenters. The van der Waals surface area contributed by atoms with Crippen LogP contribution in [0.2, 0.25) is 5.02 Å². The Hall–Kier alpha value is -0.800. The first-order chi connectivity index (χ1) is 7.11. The highest BCUT2D eigenvalue weighted by Crippen LogP contribution is 2.32. The van der Waals surface area contributed by atoms with Gasteiger partial charge in [0.1, 0.15) is 11.6 Å². The average molecular weight is 233 g/mol. The molecule has 0 saturated carbocycles. The highest BCUT2D eigenvalue weighted by atomic mass is 35.5. The van der Waals surface area contributed by atoms with Gasteiger partial charge in [0.25, 0.3) is 0 Å². The Bertz CT molecular complexity index is 353. The lowest BCUT2D eigenvalue weighted by atomic mass is 10.0. The molecular weight excluding hydrogens is 219 g/mol. The van der Waals surface area contributed by atoms with E-state index in [4.69, 9.17) is 21.4 Å². The molecule has 15 heavy (non-hydrogen) atoms. The standard InChI is InChI=1S/C11H14ClFO2/c1-7-6-9(12)10(13)8(4-3-5-14)11(7)15-2/h6,14H,3-5H2,1-2H3. The first kappa shape index (κ1) is 12.3. The predicted octanol–water partition coefficient (Wildman–Crippen LogP) is 2.72. The summed E-state index contributed by atoms with van der Waals surface area (Å²) in [4.78, 5) is 0. The summed E-state index contributed by atoms with van der Waals surface area (Å²) < 4.78 is 18.8. The molecule has 1 aromatic carbocycles. The zero-order chi connectivity index (χ0) is 11.4. The van der Waals surface area contributed by atoms with E-state index in [1.54, 1.807) is 0 Å². The molecule has 0 fully saturated rings. The molecule has 0 bridgehead atoms. The number of halogens is 2. The summed E-state index contributed by atoms with van der Waals surface area (Å²) in [5.74, 6) is 0.0675. The van der Waals surface area contributed by atoms with E-state index in [1.807, 2.05) is 6.92 Å². The second-order valence-electron chi connectivity index (χ2n) is 3.33. The van der Waals surface area contributed by atoms with Crippen molar-refractivity contribution in [2.75, 3.05) is 13.7 Å². The lowest BCUT2D eigenvalue weighted by Crippen LogP contribution is -2.01.